The highest BCUT2D eigenvalue weighted by atomic mass is 32.2. The van der Waals surface area contributed by atoms with Crippen LogP contribution in [0.3, 0.4) is 0 Å². The number of ether oxygens (including phenoxy) is 3. The molecule has 0 fully saturated rings. The van der Waals surface area contributed by atoms with Crippen molar-refractivity contribution in [3.63, 3.8) is 0 Å². The van der Waals surface area contributed by atoms with Crippen molar-refractivity contribution in [3.05, 3.63) is 30.4 Å². The Labute approximate surface area is 199 Å². The molecule has 1 atom stereocenters. The predicted octanol–water partition coefficient (Wildman–Crippen LogP) is 4.57. The van der Waals surface area contributed by atoms with E-state index >= 15 is 0 Å². The molecule has 33 heavy (non-hydrogen) atoms. The van der Waals surface area contributed by atoms with Gasteiger partial charge in [0.1, 0.15) is 22.8 Å². The Morgan fingerprint density at radius 1 is 1.21 bits per heavy atom. The minimum Gasteiger partial charge on any atom is -0.496 e. The first-order valence-corrected chi connectivity index (χ1v) is 10.7. The van der Waals surface area contributed by atoms with Crippen LogP contribution in [0.4, 0.5) is 13.2 Å². The minimum absolute atomic E-state index is 0.0120. The van der Waals surface area contributed by atoms with Crippen molar-refractivity contribution in [2.45, 2.75) is 56.9 Å². The van der Waals surface area contributed by atoms with Gasteiger partial charge in [0.2, 0.25) is 0 Å². The summed E-state index contributed by atoms with van der Waals surface area (Å²) in [6.07, 6.45) is -5.87. The third-order valence-electron chi connectivity index (χ3n) is 3.93. The molecule has 186 valence electrons. The van der Waals surface area contributed by atoms with Crippen molar-refractivity contribution in [1.29, 1.82) is 0 Å². The van der Waals surface area contributed by atoms with E-state index < -0.39 is 76.6 Å². The number of unbranched alkanes of at least 4 members (excludes halogenated alkanes) is 1. The number of Topliss-reactive ketones (excluding diaryl/α,β-unsaturated/α-hetero) is 1. The van der Waals surface area contributed by atoms with Crippen LogP contribution in [-0.2, 0) is 19.6 Å². The number of benzene rings is 1. The van der Waals surface area contributed by atoms with E-state index in [0.29, 0.717) is 18.9 Å². The van der Waals surface area contributed by atoms with Crippen LogP contribution < -0.4 is 13.7 Å². The average Bonchev–Trinajstić information content (AvgIpc) is 2.80. The zero-order valence-electron chi connectivity index (χ0n) is 23.8. The standard InChI is InChI=1S/C21H27F3O8S/c1-5-6-7-10-15(25)11-8-9-14(2)31-20(26)19-17(30-4)12-16(29-3)13-18(19)32-33(27,28)21(22,23)24/h5,12-14H,1,6-11H2,2-4H3/i2D3,9D2,14D. The van der Waals surface area contributed by atoms with Crippen LogP contribution in [-0.4, -0.2) is 46.0 Å². The van der Waals surface area contributed by atoms with Crippen LogP contribution in [0.15, 0.2) is 24.8 Å². The second kappa shape index (κ2) is 12.5. The molecular weight excluding hydrogens is 469 g/mol. The monoisotopic (exact) mass is 502 g/mol. The highest BCUT2D eigenvalue weighted by Crippen LogP contribution is 2.38. The van der Waals surface area contributed by atoms with Crippen molar-refractivity contribution < 1.29 is 57.8 Å². The molecule has 0 heterocycles. The van der Waals surface area contributed by atoms with Crippen LogP contribution in [0.1, 0.15) is 63.9 Å². The first-order chi connectivity index (χ1) is 17.7. The number of carbonyl (C=O) groups is 2. The van der Waals surface area contributed by atoms with Crippen molar-refractivity contribution in [2.75, 3.05) is 14.2 Å². The highest BCUT2D eigenvalue weighted by molar-refractivity contribution is 7.88. The van der Waals surface area contributed by atoms with E-state index in [1.54, 1.807) is 6.08 Å². The second-order valence-electron chi connectivity index (χ2n) is 6.30. The molecule has 8 nitrogen and oxygen atoms in total. The lowest BCUT2D eigenvalue weighted by Crippen LogP contribution is -2.29. The largest absolute Gasteiger partial charge is 0.534 e. The highest BCUT2D eigenvalue weighted by Gasteiger charge is 2.49. The van der Waals surface area contributed by atoms with Crippen molar-refractivity contribution in [2.24, 2.45) is 0 Å². The van der Waals surface area contributed by atoms with Gasteiger partial charge < -0.3 is 18.4 Å². The Bertz CT molecular complexity index is 1170. The maximum Gasteiger partial charge on any atom is 0.534 e. The molecule has 0 N–H and O–H groups in total. The van der Waals surface area contributed by atoms with Crippen LogP contribution in [0.2, 0.25) is 0 Å². The van der Waals surface area contributed by atoms with Crippen LogP contribution in [0.5, 0.6) is 17.2 Å². The Morgan fingerprint density at radius 3 is 2.39 bits per heavy atom. The molecule has 0 amide bonds. The van der Waals surface area contributed by atoms with Crippen LogP contribution in [0.25, 0.3) is 0 Å². The van der Waals surface area contributed by atoms with E-state index in [2.05, 4.69) is 10.8 Å². The molecule has 1 aromatic rings. The van der Waals surface area contributed by atoms with Gasteiger partial charge in [-0.1, -0.05) is 6.08 Å². The van der Waals surface area contributed by atoms with E-state index in [0.717, 1.165) is 20.3 Å². The molecule has 1 unspecified atom stereocenters. The van der Waals surface area contributed by atoms with E-state index in [9.17, 15) is 31.2 Å². The maximum absolute atomic E-state index is 13.1. The Balaban J connectivity index is 3.56. The Hall–Kier alpha value is -2.76. The van der Waals surface area contributed by atoms with Crippen molar-refractivity contribution in [3.8, 4) is 17.2 Å². The summed E-state index contributed by atoms with van der Waals surface area (Å²) in [5.74, 6) is -4.86. The molecule has 0 spiro atoms. The Morgan fingerprint density at radius 2 is 1.85 bits per heavy atom. The lowest BCUT2D eigenvalue weighted by Gasteiger charge is -2.18. The smallest absolute Gasteiger partial charge is 0.496 e. The summed E-state index contributed by atoms with van der Waals surface area (Å²) in [6.45, 7) is -0.204. The van der Waals surface area contributed by atoms with E-state index in [1.165, 1.54) is 0 Å². The third-order valence-corrected chi connectivity index (χ3v) is 4.90. The number of hydrogen-bond donors (Lipinski definition) is 0. The molecule has 1 aromatic carbocycles. The molecule has 0 bridgehead atoms. The van der Waals surface area contributed by atoms with Crippen molar-refractivity contribution >= 4 is 21.9 Å². The number of methoxy groups -OCH3 is 2. The predicted molar refractivity (Wildman–Crippen MR) is 113 cm³/mol. The first-order valence-electron chi connectivity index (χ1n) is 12.3. The van der Waals surface area contributed by atoms with E-state index in [-0.39, 0.29) is 12.2 Å². The number of rotatable bonds is 14. The van der Waals surface area contributed by atoms with Gasteiger partial charge in [0.05, 0.1) is 21.7 Å². The quantitative estimate of drug-likeness (QED) is 0.120. The maximum atomic E-state index is 13.1. The fraction of sp³-hybridized carbons (Fsp3) is 0.524. The lowest BCUT2D eigenvalue weighted by molar-refractivity contribution is -0.119. The third kappa shape index (κ3) is 8.60. The van der Waals surface area contributed by atoms with Gasteiger partial charge >= 0.3 is 21.6 Å². The molecular formula is C21H27F3O8S. The van der Waals surface area contributed by atoms with Crippen molar-refractivity contribution in [1.82, 2.24) is 0 Å². The van der Waals surface area contributed by atoms with E-state index in [4.69, 9.17) is 22.4 Å². The minimum atomic E-state index is -6.38. The van der Waals surface area contributed by atoms with Gasteiger partial charge in [-0.05, 0) is 32.5 Å². The summed E-state index contributed by atoms with van der Waals surface area (Å²) in [4.78, 5) is 25.2. The van der Waals surface area contributed by atoms with Gasteiger partial charge in [-0.2, -0.15) is 21.6 Å². The molecule has 0 saturated carbocycles. The number of hydrogen-bond acceptors (Lipinski definition) is 8. The zero-order valence-corrected chi connectivity index (χ0v) is 18.6. The lowest BCUT2D eigenvalue weighted by atomic mass is 10.1. The molecule has 12 heteroatoms. The van der Waals surface area contributed by atoms with Crippen LogP contribution >= 0.6 is 0 Å². The van der Waals surface area contributed by atoms with Gasteiger partial charge in [0.15, 0.2) is 5.75 Å². The number of ketones is 1. The molecule has 0 radical (unpaired) electrons. The number of halogens is 3. The van der Waals surface area contributed by atoms with Gasteiger partial charge in [0.25, 0.3) is 0 Å². The summed E-state index contributed by atoms with van der Waals surface area (Å²) in [6, 6.07) is 1.42. The zero-order chi connectivity index (χ0) is 30.4. The number of carbonyl (C=O) groups excluding carboxylic acids is 2. The SMILES string of the molecule is [2H]C([2H])([2H])C([2H])(OC(=O)c1c(OC)cc(OC)cc1OS(=O)(=O)C(F)(F)F)C([2H])([2H])CCC(=O)CCCC=C. The number of esters is 1. The second-order valence-corrected chi connectivity index (χ2v) is 7.84. The first kappa shape index (κ1) is 19.7. The fourth-order valence-corrected chi connectivity index (χ4v) is 2.80. The fourth-order valence-electron chi connectivity index (χ4n) is 2.34. The molecule has 0 aliphatic carbocycles. The summed E-state index contributed by atoms with van der Waals surface area (Å²) < 4.78 is 128. The normalized spacial score (nSPS) is 17.0. The summed E-state index contributed by atoms with van der Waals surface area (Å²) in [5.41, 5.74) is -7.15. The summed E-state index contributed by atoms with van der Waals surface area (Å²) in [7, 11) is -4.44. The summed E-state index contributed by atoms with van der Waals surface area (Å²) >= 11 is 0. The van der Waals surface area contributed by atoms with Crippen LogP contribution in [0, 0.1) is 0 Å². The van der Waals surface area contributed by atoms with E-state index in [1.807, 2.05) is 0 Å². The summed E-state index contributed by atoms with van der Waals surface area (Å²) in [5, 5.41) is 0. The molecule has 0 aliphatic rings. The number of allylic oxidation sites excluding steroid dienone is 1. The topological polar surface area (TPSA) is 105 Å². The van der Waals surface area contributed by atoms with Gasteiger partial charge in [-0.3, -0.25) is 4.79 Å². The number of alkyl halides is 3. The van der Waals surface area contributed by atoms with Gasteiger partial charge in [0, 0.05) is 31.8 Å². The van der Waals surface area contributed by atoms with Gasteiger partial charge in [-0.15, -0.1) is 6.58 Å². The Kier molecular flexibility index (Phi) is 7.44. The molecule has 0 saturated heterocycles. The molecule has 0 aromatic heterocycles. The average molecular weight is 503 g/mol. The van der Waals surface area contributed by atoms with Gasteiger partial charge in [-0.25, -0.2) is 4.79 Å². The molecule has 0 aliphatic heterocycles. The molecule has 1 rings (SSSR count).